The quantitative estimate of drug-likeness (QED) is 0.279. The topological polar surface area (TPSA) is 67.2 Å². The fourth-order valence-corrected chi connectivity index (χ4v) is 3.82. The van der Waals surface area contributed by atoms with Gasteiger partial charge in [0.05, 0.1) is 11.3 Å². The largest absolute Gasteiger partial charge is 0.436 e. The molecule has 4 rings (SSSR count). The molecule has 156 valence electrons. The minimum absolute atomic E-state index is 0.166. The summed E-state index contributed by atoms with van der Waals surface area (Å²) < 4.78 is 19.6. The Kier molecular flexibility index (Phi) is 6.50. The van der Waals surface area contributed by atoms with Gasteiger partial charge in [0.25, 0.3) is 0 Å². The molecule has 0 aliphatic heterocycles. The van der Waals surface area contributed by atoms with Crippen molar-refractivity contribution in [3.63, 3.8) is 0 Å². The van der Waals surface area contributed by atoms with E-state index in [1.807, 2.05) is 12.1 Å². The van der Waals surface area contributed by atoms with E-state index in [4.69, 9.17) is 28.2 Å². The zero-order valence-corrected chi connectivity index (χ0v) is 18.3. The van der Waals surface area contributed by atoms with Gasteiger partial charge in [-0.3, -0.25) is 4.79 Å². The van der Waals surface area contributed by atoms with Crippen molar-refractivity contribution in [3.8, 4) is 11.5 Å². The number of rotatable bonds is 5. The number of thiocarbonyl (C=S) groups is 1. The molecule has 0 unspecified atom stereocenters. The van der Waals surface area contributed by atoms with E-state index in [2.05, 4.69) is 15.6 Å². The molecule has 5 nitrogen and oxygen atoms in total. The Labute approximate surface area is 192 Å². The monoisotopic (exact) mass is 471 g/mol. The summed E-state index contributed by atoms with van der Waals surface area (Å²) in [5, 5.41) is 6.39. The molecule has 0 aliphatic rings. The van der Waals surface area contributed by atoms with E-state index in [1.54, 1.807) is 48.5 Å². The lowest BCUT2D eigenvalue weighted by atomic mass is 10.2. The lowest BCUT2D eigenvalue weighted by Gasteiger charge is -2.09. The first-order chi connectivity index (χ1) is 15.0. The maximum absolute atomic E-state index is 14.0. The number of nitrogens with one attached hydrogen (secondary N) is 2. The van der Waals surface area contributed by atoms with Crippen LogP contribution in [-0.2, 0) is 4.79 Å². The van der Waals surface area contributed by atoms with Gasteiger partial charge in [-0.2, -0.15) is 0 Å². The molecule has 0 aliphatic carbocycles. The van der Waals surface area contributed by atoms with Crippen LogP contribution < -0.4 is 10.6 Å². The first-order valence-electron chi connectivity index (χ1n) is 9.12. The van der Waals surface area contributed by atoms with Crippen molar-refractivity contribution in [2.75, 3.05) is 11.1 Å². The highest BCUT2D eigenvalue weighted by molar-refractivity contribution is 8.00. The maximum Gasteiger partial charge on any atom is 0.236 e. The van der Waals surface area contributed by atoms with Crippen LogP contribution in [0.4, 0.5) is 10.1 Å². The average Bonchev–Trinajstić information content (AvgIpc) is 3.16. The number of carbonyl (C=O) groups excluding carboxylic acids is 1. The van der Waals surface area contributed by atoms with Gasteiger partial charge in [-0.25, -0.2) is 9.37 Å². The summed E-state index contributed by atoms with van der Waals surface area (Å²) in [5.74, 6) is -0.243. The van der Waals surface area contributed by atoms with Crippen molar-refractivity contribution in [1.82, 2.24) is 10.3 Å². The second-order valence-electron chi connectivity index (χ2n) is 6.43. The highest BCUT2D eigenvalue weighted by atomic mass is 35.5. The smallest absolute Gasteiger partial charge is 0.236 e. The van der Waals surface area contributed by atoms with Crippen LogP contribution in [0.1, 0.15) is 0 Å². The lowest BCUT2D eigenvalue weighted by molar-refractivity contribution is -0.117. The van der Waals surface area contributed by atoms with Crippen LogP contribution in [0.5, 0.6) is 0 Å². The number of amides is 1. The van der Waals surface area contributed by atoms with Crippen LogP contribution in [0.25, 0.3) is 22.6 Å². The predicted molar refractivity (Wildman–Crippen MR) is 126 cm³/mol. The van der Waals surface area contributed by atoms with Crippen molar-refractivity contribution in [2.24, 2.45) is 0 Å². The number of halogens is 2. The number of hydrogen-bond donors (Lipinski definition) is 2. The molecule has 1 amide bonds. The maximum atomic E-state index is 14.0. The van der Waals surface area contributed by atoms with E-state index in [0.29, 0.717) is 21.8 Å². The first kappa shape index (κ1) is 21.3. The molecule has 4 aromatic rings. The zero-order chi connectivity index (χ0) is 21.8. The van der Waals surface area contributed by atoms with Crippen molar-refractivity contribution in [2.45, 2.75) is 4.90 Å². The third kappa shape index (κ3) is 5.41. The molecular formula is C22H15ClFN3O2S2. The Morgan fingerprint density at radius 1 is 1.13 bits per heavy atom. The van der Waals surface area contributed by atoms with E-state index in [9.17, 15) is 9.18 Å². The molecule has 0 saturated heterocycles. The molecule has 1 aromatic heterocycles. The summed E-state index contributed by atoms with van der Waals surface area (Å²) in [4.78, 5) is 17.4. The third-order valence-electron chi connectivity index (χ3n) is 4.19. The molecule has 1 heterocycles. The van der Waals surface area contributed by atoms with E-state index in [1.165, 1.54) is 17.8 Å². The number of benzene rings is 3. The third-order valence-corrected chi connectivity index (χ3v) is 5.65. The summed E-state index contributed by atoms with van der Waals surface area (Å²) in [5.41, 5.74) is 1.96. The second-order valence-corrected chi connectivity index (χ2v) is 8.32. The van der Waals surface area contributed by atoms with Crippen molar-refractivity contribution >= 4 is 63.4 Å². The van der Waals surface area contributed by atoms with Gasteiger partial charge in [-0.15, -0.1) is 11.8 Å². The molecule has 2 N–H and O–H groups in total. The summed E-state index contributed by atoms with van der Waals surface area (Å²) in [6.45, 7) is 0. The van der Waals surface area contributed by atoms with Crippen LogP contribution in [-0.4, -0.2) is 21.8 Å². The Bertz CT molecular complexity index is 1260. The van der Waals surface area contributed by atoms with Gasteiger partial charge in [0.15, 0.2) is 10.7 Å². The summed E-state index contributed by atoms with van der Waals surface area (Å²) in [7, 11) is 0. The van der Waals surface area contributed by atoms with Crippen molar-refractivity contribution in [1.29, 1.82) is 0 Å². The predicted octanol–water partition coefficient (Wildman–Crippen LogP) is 5.89. The van der Waals surface area contributed by atoms with E-state index < -0.39 is 5.82 Å². The number of hydrogen-bond acceptors (Lipinski definition) is 5. The minimum atomic E-state index is -0.409. The highest BCUT2D eigenvalue weighted by Crippen LogP contribution is 2.27. The molecule has 0 radical (unpaired) electrons. The SMILES string of the molecule is O=C(CSc1ccc(Cl)cc1)NC(=S)Nc1ccc2oc(-c3ccccc3F)nc2c1. The van der Waals surface area contributed by atoms with Gasteiger partial charge >= 0.3 is 0 Å². The average molecular weight is 472 g/mol. The molecule has 0 bridgehead atoms. The highest BCUT2D eigenvalue weighted by Gasteiger charge is 2.13. The number of anilines is 1. The Morgan fingerprint density at radius 2 is 1.90 bits per heavy atom. The molecule has 0 fully saturated rings. The molecule has 0 saturated carbocycles. The fourth-order valence-electron chi connectivity index (χ4n) is 2.76. The van der Waals surface area contributed by atoms with Crippen LogP contribution >= 0.6 is 35.6 Å². The van der Waals surface area contributed by atoms with Gasteiger partial charge in [0.2, 0.25) is 11.8 Å². The van der Waals surface area contributed by atoms with Gasteiger partial charge in [0.1, 0.15) is 11.3 Å². The van der Waals surface area contributed by atoms with E-state index >= 15 is 0 Å². The van der Waals surface area contributed by atoms with Crippen LogP contribution in [0, 0.1) is 5.82 Å². The normalized spacial score (nSPS) is 10.8. The summed E-state index contributed by atoms with van der Waals surface area (Å²) in [6, 6.07) is 18.7. The lowest BCUT2D eigenvalue weighted by Crippen LogP contribution is -2.35. The molecule has 0 atom stereocenters. The standard InChI is InChI=1S/C22H15ClFN3O2S2/c23-13-5-8-15(9-6-13)31-12-20(28)27-22(30)25-14-7-10-19-18(11-14)26-21(29-19)16-3-1-2-4-17(16)24/h1-11H,12H2,(H2,25,27,28,30). The molecule has 31 heavy (non-hydrogen) atoms. The number of nitrogens with zero attached hydrogens (tertiary/aromatic N) is 1. The zero-order valence-electron chi connectivity index (χ0n) is 15.9. The molecule has 3 aromatic carbocycles. The van der Waals surface area contributed by atoms with Crippen LogP contribution in [0.3, 0.4) is 0 Å². The summed E-state index contributed by atoms with van der Waals surface area (Å²) in [6.07, 6.45) is 0. The van der Waals surface area contributed by atoms with Gasteiger partial charge < -0.3 is 15.1 Å². The number of carbonyl (C=O) groups is 1. The van der Waals surface area contributed by atoms with Gasteiger partial charge in [-0.1, -0.05) is 23.7 Å². The minimum Gasteiger partial charge on any atom is -0.436 e. The Hall–Kier alpha value is -2.94. The van der Waals surface area contributed by atoms with Gasteiger partial charge in [0, 0.05) is 15.6 Å². The Morgan fingerprint density at radius 3 is 2.68 bits per heavy atom. The van der Waals surface area contributed by atoms with Crippen molar-refractivity contribution < 1.29 is 13.6 Å². The first-order valence-corrected chi connectivity index (χ1v) is 10.9. The molecule has 0 spiro atoms. The van der Waals surface area contributed by atoms with E-state index in [0.717, 1.165) is 4.90 Å². The second kappa shape index (κ2) is 9.47. The van der Waals surface area contributed by atoms with Gasteiger partial charge in [-0.05, 0) is 66.8 Å². The van der Waals surface area contributed by atoms with Crippen molar-refractivity contribution in [3.05, 3.63) is 77.6 Å². The van der Waals surface area contributed by atoms with E-state index in [-0.39, 0.29) is 28.2 Å². The molecule has 9 heteroatoms. The number of oxazole rings is 1. The number of fused-ring (bicyclic) bond motifs is 1. The molecular weight excluding hydrogens is 457 g/mol. The number of thioether (sulfide) groups is 1. The number of aromatic nitrogens is 1. The Balaban J connectivity index is 1.37. The van der Waals surface area contributed by atoms with Crippen LogP contribution in [0.2, 0.25) is 5.02 Å². The van der Waals surface area contributed by atoms with Crippen LogP contribution in [0.15, 0.2) is 76.0 Å². The fraction of sp³-hybridized carbons (Fsp3) is 0.0455. The summed E-state index contributed by atoms with van der Waals surface area (Å²) >= 11 is 12.5.